The molecule has 0 aromatic heterocycles. The molecule has 23 heavy (non-hydrogen) atoms. The molecular formula is C17H27B5O. The summed E-state index contributed by atoms with van der Waals surface area (Å²) in [7, 11) is 12.5. The van der Waals surface area contributed by atoms with Gasteiger partial charge in [-0.1, -0.05) is 41.7 Å². The van der Waals surface area contributed by atoms with Gasteiger partial charge in [-0.3, -0.25) is 0 Å². The lowest BCUT2D eigenvalue weighted by molar-refractivity contribution is 0.143. The van der Waals surface area contributed by atoms with E-state index in [1.54, 1.807) is 5.56 Å². The molecule has 4 rings (SSSR count). The molecule has 1 aromatic rings. The average Bonchev–Trinajstić information content (AvgIpc) is 2.69. The largest absolute Gasteiger partial charge is 0.508 e. The molecular weight excluding hydrogens is 274 g/mol. The van der Waals surface area contributed by atoms with Crippen LogP contribution in [0, 0.1) is 11.8 Å². The zero-order chi connectivity index (χ0) is 16.6. The van der Waals surface area contributed by atoms with Crippen LogP contribution in [-0.4, -0.2) is 44.3 Å². The van der Waals surface area contributed by atoms with Crippen LogP contribution in [0.1, 0.15) is 48.5 Å². The molecule has 0 saturated heterocycles. The highest BCUT2D eigenvalue weighted by Gasteiger charge is 2.59. The molecule has 0 amide bonds. The Morgan fingerprint density at radius 1 is 1.09 bits per heavy atom. The molecule has 1 nitrogen and oxygen atoms in total. The van der Waals surface area contributed by atoms with Crippen LogP contribution in [0.15, 0.2) is 18.2 Å². The van der Waals surface area contributed by atoms with Crippen molar-refractivity contribution in [3.05, 3.63) is 29.3 Å². The van der Waals surface area contributed by atoms with Gasteiger partial charge in [0, 0.05) is 0 Å². The molecule has 2 fully saturated rings. The van der Waals surface area contributed by atoms with Crippen LogP contribution in [0.25, 0.3) is 0 Å². The van der Waals surface area contributed by atoms with Gasteiger partial charge in [0.15, 0.2) is 0 Å². The van der Waals surface area contributed by atoms with Gasteiger partial charge in [0.2, 0.25) is 0 Å². The van der Waals surface area contributed by atoms with E-state index in [2.05, 4.69) is 45.3 Å². The van der Waals surface area contributed by atoms with E-state index < -0.39 is 0 Å². The highest BCUT2D eigenvalue weighted by atomic mass is 16.3. The summed E-state index contributed by atoms with van der Waals surface area (Å²) in [5.41, 5.74) is 2.96. The normalized spacial score (nSPS) is 44.1. The zero-order valence-corrected chi connectivity index (χ0v) is 15.4. The molecule has 0 spiro atoms. The molecule has 6 unspecified atom stereocenters. The van der Waals surface area contributed by atoms with E-state index in [9.17, 15) is 5.11 Å². The first-order valence-electron chi connectivity index (χ1n) is 9.57. The molecule has 0 heterocycles. The van der Waals surface area contributed by atoms with Gasteiger partial charge in [-0.05, 0) is 53.3 Å². The van der Waals surface area contributed by atoms with Crippen molar-refractivity contribution in [1.29, 1.82) is 0 Å². The van der Waals surface area contributed by atoms with Gasteiger partial charge in [0.05, 0.1) is 15.7 Å². The van der Waals surface area contributed by atoms with Gasteiger partial charge >= 0.3 is 0 Å². The van der Waals surface area contributed by atoms with E-state index in [1.807, 2.05) is 12.1 Å². The Kier molecular flexibility index (Phi) is 3.40. The molecule has 6 atom stereocenters. The van der Waals surface area contributed by atoms with E-state index in [1.165, 1.54) is 31.2 Å². The number of fused-ring (bicyclic) bond motifs is 5. The Balaban J connectivity index is 1.81. The van der Waals surface area contributed by atoms with Crippen molar-refractivity contribution >= 4 is 39.2 Å². The molecule has 1 N–H and O–H groups in total. The first kappa shape index (κ1) is 15.8. The molecule has 0 aliphatic heterocycles. The Hall–Kier alpha value is -0.655. The molecule has 3 aliphatic rings. The van der Waals surface area contributed by atoms with Crippen molar-refractivity contribution in [3.63, 3.8) is 0 Å². The maximum Gasteiger partial charge on any atom is 0.115 e. The third-order valence-electron chi connectivity index (χ3n) is 8.37. The van der Waals surface area contributed by atoms with Crippen LogP contribution in [0.5, 0.6) is 5.75 Å². The van der Waals surface area contributed by atoms with Crippen LogP contribution in [0.4, 0.5) is 0 Å². The Labute approximate surface area is 145 Å². The minimum Gasteiger partial charge on any atom is -0.508 e. The van der Waals surface area contributed by atoms with E-state index in [0.717, 1.165) is 17.7 Å². The second-order valence-corrected chi connectivity index (χ2v) is 9.77. The molecule has 116 valence electrons. The molecule has 0 bridgehead atoms. The lowest BCUT2D eigenvalue weighted by Crippen LogP contribution is -2.45. The summed E-state index contributed by atoms with van der Waals surface area (Å²) in [4.78, 5) is 0. The van der Waals surface area contributed by atoms with Crippen molar-refractivity contribution < 1.29 is 5.11 Å². The molecule has 6 heteroatoms. The predicted molar refractivity (Wildman–Crippen MR) is 111 cm³/mol. The van der Waals surface area contributed by atoms with Gasteiger partial charge in [-0.25, -0.2) is 0 Å². The summed E-state index contributed by atoms with van der Waals surface area (Å²) in [5.74, 6) is 4.17. The third kappa shape index (κ3) is 2.06. The van der Waals surface area contributed by atoms with Crippen LogP contribution < -0.4 is 0 Å². The van der Waals surface area contributed by atoms with E-state index in [0.29, 0.717) is 28.0 Å². The second kappa shape index (κ2) is 4.93. The molecule has 2 saturated carbocycles. The van der Waals surface area contributed by atoms with Crippen LogP contribution in [-0.2, 0) is 0 Å². The van der Waals surface area contributed by atoms with Crippen LogP contribution in [0.2, 0.25) is 16.3 Å². The third-order valence-corrected chi connectivity index (χ3v) is 8.37. The second-order valence-electron chi connectivity index (χ2n) is 9.77. The minimum atomic E-state index is 0.435. The van der Waals surface area contributed by atoms with Crippen LogP contribution in [0.3, 0.4) is 0 Å². The van der Waals surface area contributed by atoms with Crippen molar-refractivity contribution in [2.24, 2.45) is 11.8 Å². The van der Waals surface area contributed by atoms with Crippen molar-refractivity contribution in [2.45, 2.75) is 53.8 Å². The van der Waals surface area contributed by atoms with Gasteiger partial charge in [-0.2, -0.15) is 0 Å². The first-order valence-corrected chi connectivity index (χ1v) is 9.57. The van der Waals surface area contributed by atoms with Crippen molar-refractivity contribution in [3.8, 4) is 5.75 Å². The standard InChI is InChI=1S/C17H27B5O/c18-13-6-11-12-3-4-17(21,22)16(12,20)7-14(19)15(11)9-2-1-8(23)5-10(9)13/h1-2,5,11-15,23H,3-4,6-7,18-22H2. The fourth-order valence-corrected chi connectivity index (χ4v) is 6.88. The number of hydrogen-bond donors (Lipinski definition) is 1. The highest BCUT2D eigenvalue weighted by molar-refractivity contribution is 6.45. The maximum absolute atomic E-state index is 9.93. The fraction of sp³-hybridized carbons (Fsp3) is 0.647. The maximum atomic E-state index is 9.93. The lowest BCUT2D eigenvalue weighted by atomic mass is 9.30. The quantitative estimate of drug-likeness (QED) is 0.646. The molecule has 0 radical (unpaired) electrons. The number of benzene rings is 1. The van der Waals surface area contributed by atoms with Crippen molar-refractivity contribution in [1.82, 2.24) is 0 Å². The summed E-state index contributed by atoms with van der Waals surface area (Å²) < 4.78 is 0. The van der Waals surface area contributed by atoms with Gasteiger partial charge in [0.25, 0.3) is 0 Å². The van der Waals surface area contributed by atoms with Gasteiger partial charge in [0.1, 0.15) is 29.3 Å². The monoisotopic (exact) mass is 302 g/mol. The van der Waals surface area contributed by atoms with E-state index in [-0.39, 0.29) is 0 Å². The first-order chi connectivity index (χ1) is 10.7. The van der Waals surface area contributed by atoms with E-state index in [4.69, 9.17) is 0 Å². The SMILES string of the molecule is BC1CC2C(c3ccc(O)cc31)C(B)CC1(B)C2CCC1(B)B. The lowest BCUT2D eigenvalue weighted by Gasteiger charge is -2.57. The number of phenolic OH excluding ortho intramolecular Hbond substituents is 1. The minimum absolute atomic E-state index is 0.435. The number of phenols is 1. The smallest absolute Gasteiger partial charge is 0.115 e. The summed E-state index contributed by atoms with van der Waals surface area (Å²) >= 11 is 0. The predicted octanol–water partition coefficient (Wildman–Crippen LogP) is -0.421. The van der Waals surface area contributed by atoms with Crippen molar-refractivity contribution in [2.75, 3.05) is 0 Å². The van der Waals surface area contributed by atoms with E-state index >= 15 is 0 Å². The Morgan fingerprint density at radius 3 is 2.57 bits per heavy atom. The summed E-state index contributed by atoms with van der Waals surface area (Å²) in [6, 6.07) is 6.18. The summed E-state index contributed by atoms with van der Waals surface area (Å²) in [6.07, 6.45) is 5.47. The fourth-order valence-electron chi connectivity index (χ4n) is 6.88. The number of aromatic hydroxyl groups is 1. The summed E-state index contributed by atoms with van der Waals surface area (Å²) in [5, 5.41) is 10.9. The Morgan fingerprint density at radius 2 is 1.83 bits per heavy atom. The zero-order valence-electron chi connectivity index (χ0n) is 15.4. The number of rotatable bonds is 0. The highest BCUT2D eigenvalue weighted by Crippen LogP contribution is 2.73. The molecule has 1 aromatic carbocycles. The summed E-state index contributed by atoms with van der Waals surface area (Å²) in [6.45, 7) is 0. The number of hydrogen-bond acceptors (Lipinski definition) is 1. The Bertz CT molecular complexity index is 648. The molecule has 3 aliphatic carbocycles. The van der Waals surface area contributed by atoms with Gasteiger partial charge < -0.3 is 5.11 Å². The average molecular weight is 301 g/mol. The van der Waals surface area contributed by atoms with Gasteiger partial charge in [-0.15, -0.1) is 0 Å². The topological polar surface area (TPSA) is 20.2 Å². The van der Waals surface area contributed by atoms with Crippen LogP contribution >= 0.6 is 0 Å².